The third-order valence-corrected chi connectivity index (χ3v) is 2.46. The number of carbonyl (C=O) groups excluding carboxylic acids is 1. The van der Waals surface area contributed by atoms with Crippen LogP contribution in [0, 0.1) is 0 Å². The van der Waals surface area contributed by atoms with Gasteiger partial charge in [-0.2, -0.15) is 0 Å². The van der Waals surface area contributed by atoms with E-state index in [0.29, 0.717) is 16.3 Å². The minimum atomic E-state index is -1.06. The van der Waals surface area contributed by atoms with Gasteiger partial charge in [0, 0.05) is 4.90 Å². The van der Waals surface area contributed by atoms with Gasteiger partial charge in [-0.15, -0.1) is 12.6 Å². The highest BCUT2D eigenvalue weighted by molar-refractivity contribution is 7.80. The number of hydrogen-bond acceptors (Lipinski definition) is 4. The van der Waals surface area contributed by atoms with Crippen LogP contribution in [-0.4, -0.2) is 30.1 Å². The Hall–Kier alpha value is -1.69. The first-order valence-corrected chi connectivity index (χ1v) is 5.00. The Morgan fingerprint density at radius 1 is 1.56 bits per heavy atom. The van der Waals surface area contributed by atoms with Crippen LogP contribution < -0.4 is 9.64 Å². The minimum absolute atomic E-state index is 0.133. The van der Waals surface area contributed by atoms with Gasteiger partial charge in [0.1, 0.15) is 12.3 Å². The molecule has 0 bridgehead atoms. The molecule has 0 spiro atoms. The van der Waals surface area contributed by atoms with Crippen molar-refractivity contribution in [1.82, 2.24) is 0 Å². The average molecular weight is 239 g/mol. The maximum Gasteiger partial charge on any atom is 0.323 e. The third kappa shape index (κ3) is 1.96. The van der Waals surface area contributed by atoms with E-state index in [4.69, 9.17) is 9.84 Å². The van der Waals surface area contributed by atoms with Crippen molar-refractivity contribution >= 4 is 30.2 Å². The summed E-state index contributed by atoms with van der Waals surface area (Å²) in [6.45, 7) is -0.501. The molecule has 84 valence electrons. The van der Waals surface area contributed by atoms with Crippen LogP contribution in [0.5, 0.6) is 5.75 Å². The second-order valence-electron chi connectivity index (χ2n) is 3.31. The fourth-order valence-electron chi connectivity index (χ4n) is 1.50. The number of carboxylic acid groups (broad SMARTS) is 1. The number of fused-ring (bicyclic) bond motifs is 1. The molecule has 0 unspecified atom stereocenters. The first-order valence-electron chi connectivity index (χ1n) is 4.56. The molecule has 0 radical (unpaired) electrons. The fraction of sp³-hybridized carbons (Fsp3) is 0.200. The summed E-state index contributed by atoms with van der Waals surface area (Å²) in [5, 5.41) is 8.72. The average Bonchev–Trinajstić information content (AvgIpc) is 2.22. The summed E-state index contributed by atoms with van der Waals surface area (Å²) in [5.41, 5.74) is 0.450. The van der Waals surface area contributed by atoms with Gasteiger partial charge in [0.05, 0.1) is 5.69 Å². The van der Waals surface area contributed by atoms with Crippen LogP contribution in [0.3, 0.4) is 0 Å². The normalized spacial score (nSPS) is 14.3. The van der Waals surface area contributed by atoms with Crippen molar-refractivity contribution in [2.75, 3.05) is 18.1 Å². The van der Waals surface area contributed by atoms with Gasteiger partial charge in [-0.25, -0.2) is 0 Å². The maximum absolute atomic E-state index is 11.5. The summed E-state index contributed by atoms with van der Waals surface area (Å²) in [4.78, 5) is 24.0. The highest BCUT2D eigenvalue weighted by Crippen LogP contribution is 2.33. The molecular formula is C10H9NO4S. The second kappa shape index (κ2) is 4.05. The number of thiol groups is 1. The Bertz CT molecular complexity index is 460. The van der Waals surface area contributed by atoms with Crippen molar-refractivity contribution in [2.24, 2.45) is 0 Å². The van der Waals surface area contributed by atoms with Gasteiger partial charge in [0.15, 0.2) is 6.61 Å². The summed E-state index contributed by atoms with van der Waals surface area (Å²) < 4.78 is 5.18. The summed E-state index contributed by atoms with van der Waals surface area (Å²) in [7, 11) is 0. The highest BCUT2D eigenvalue weighted by atomic mass is 32.1. The van der Waals surface area contributed by atoms with Crippen LogP contribution in [0.1, 0.15) is 0 Å². The van der Waals surface area contributed by atoms with Gasteiger partial charge in [0.2, 0.25) is 0 Å². The van der Waals surface area contributed by atoms with E-state index in [1.807, 2.05) is 0 Å². The Morgan fingerprint density at radius 3 is 3.00 bits per heavy atom. The molecule has 6 heteroatoms. The van der Waals surface area contributed by atoms with Crippen molar-refractivity contribution in [3.8, 4) is 5.75 Å². The standard InChI is InChI=1S/C10H9NO4S/c12-9-5-15-8-2-1-6(16)3-7(8)11(9)4-10(13)14/h1-3,16H,4-5H2,(H,13,14). The quantitative estimate of drug-likeness (QED) is 0.749. The summed E-state index contributed by atoms with van der Waals surface area (Å²) in [6, 6.07) is 4.99. The number of benzene rings is 1. The smallest absolute Gasteiger partial charge is 0.323 e. The molecule has 1 aromatic carbocycles. The van der Waals surface area contributed by atoms with E-state index in [-0.39, 0.29) is 19.1 Å². The number of carbonyl (C=O) groups is 2. The summed E-state index contributed by atoms with van der Waals surface area (Å²) >= 11 is 4.14. The monoisotopic (exact) mass is 239 g/mol. The summed E-state index contributed by atoms with van der Waals surface area (Å²) in [6.07, 6.45) is 0. The Kier molecular flexibility index (Phi) is 2.74. The topological polar surface area (TPSA) is 66.8 Å². The van der Waals surface area contributed by atoms with Crippen molar-refractivity contribution in [3.05, 3.63) is 18.2 Å². The molecule has 1 heterocycles. The van der Waals surface area contributed by atoms with E-state index in [1.165, 1.54) is 4.90 Å². The van der Waals surface area contributed by atoms with Gasteiger partial charge in [-0.05, 0) is 18.2 Å². The van der Waals surface area contributed by atoms with E-state index in [1.54, 1.807) is 18.2 Å². The van der Waals surface area contributed by atoms with Crippen LogP contribution >= 0.6 is 12.6 Å². The van der Waals surface area contributed by atoms with E-state index >= 15 is 0 Å². The number of carboxylic acids is 1. The molecule has 0 fully saturated rings. The molecular weight excluding hydrogens is 230 g/mol. The molecule has 0 saturated carbocycles. The lowest BCUT2D eigenvalue weighted by atomic mass is 10.2. The van der Waals surface area contributed by atoms with Gasteiger partial charge >= 0.3 is 5.97 Å². The van der Waals surface area contributed by atoms with Crippen LogP contribution in [0.2, 0.25) is 0 Å². The number of hydrogen-bond donors (Lipinski definition) is 2. The molecule has 1 amide bonds. The predicted molar refractivity (Wildman–Crippen MR) is 59.2 cm³/mol. The maximum atomic E-state index is 11.5. The Balaban J connectivity index is 2.42. The zero-order valence-electron chi connectivity index (χ0n) is 8.21. The molecule has 0 aromatic heterocycles. The van der Waals surface area contributed by atoms with Crippen LogP contribution in [0.4, 0.5) is 5.69 Å². The molecule has 1 aliphatic heterocycles. The largest absolute Gasteiger partial charge is 0.482 e. The van der Waals surface area contributed by atoms with Crippen LogP contribution in [0.25, 0.3) is 0 Å². The van der Waals surface area contributed by atoms with E-state index in [0.717, 1.165) is 0 Å². The van der Waals surface area contributed by atoms with Gasteiger partial charge in [0.25, 0.3) is 5.91 Å². The van der Waals surface area contributed by atoms with E-state index in [2.05, 4.69) is 12.6 Å². The predicted octanol–water partition coefficient (Wildman–Crippen LogP) is 0.785. The number of ether oxygens (including phenoxy) is 1. The number of aliphatic carboxylic acids is 1. The minimum Gasteiger partial charge on any atom is -0.482 e. The summed E-state index contributed by atoms with van der Waals surface area (Å²) in [5.74, 6) is -0.932. The van der Waals surface area contributed by atoms with Crippen molar-refractivity contribution < 1.29 is 19.4 Å². The first kappa shape index (κ1) is 10.8. The van der Waals surface area contributed by atoms with Crippen molar-refractivity contribution in [1.29, 1.82) is 0 Å². The van der Waals surface area contributed by atoms with Crippen LogP contribution in [0.15, 0.2) is 23.1 Å². The zero-order chi connectivity index (χ0) is 11.7. The lowest BCUT2D eigenvalue weighted by Gasteiger charge is -2.28. The van der Waals surface area contributed by atoms with Gasteiger partial charge in [-0.3, -0.25) is 14.5 Å². The number of amides is 1. The molecule has 1 aromatic rings. The van der Waals surface area contributed by atoms with Gasteiger partial charge in [-0.1, -0.05) is 0 Å². The Morgan fingerprint density at radius 2 is 2.31 bits per heavy atom. The Labute approximate surface area is 97.0 Å². The molecule has 2 rings (SSSR count). The molecule has 16 heavy (non-hydrogen) atoms. The fourth-order valence-corrected chi connectivity index (χ4v) is 1.70. The highest BCUT2D eigenvalue weighted by Gasteiger charge is 2.27. The number of nitrogens with zero attached hydrogens (tertiary/aromatic N) is 1. The molecule has 0 aliphatic carbocycles. The van der Waals surface area contributed by atoms with Gasteiger partial charge < -0.3 is 9.84 Å². The molecule has 1 N–H and O–H groups in total. The molecule has 1 aliphatic rings. The molecule has 0 atom stereocenters. The van der Waals surface area contributed by atoms with Crippen molar-refractivity contribution in [2.45, 2.75) is 4.90 Å². The molecule has 0 saturated heterocycles. The lowest BCUT2D eigenvalue weighted by Crippen LogP contribution is -2.41. The van der Waals surface area contributed by atoms with Crippen molar-refractivity contribution in [3.63, 3.8) is 0 Å². The SMILES string of the molecule is O=C(O)CN1C(=O)COc2ccc(S)cc21. The first-order chi connectivity index (χ1) is 7.58. The lowest BCUT2D eigenvalue weighted by molar-refractivity contribution is -0.137. The molecule has 5 nitrogen and oxygen atoms in total. The number of anilines is 1. The van der Waals surface area contributed by atoms with E-state index in [9.17, 15) is 9.59 Å². The van der Waals surface area contributed by atoms with E-state index < -0.39 is 5.97 Å². The zero-order valence-corrected chi connectivity index (χ0v) is 9.11. The number of rotatable bonds is 2. The second-order valence-corrected chi connectivity index (χ2v) is 3.83. The third-order valence-electron chi connectivity index (χ3n) is 2.18. The van der Waals surface area contributed by atoms with Crippen LogP contribution in [-0.2, 0) is 9.59 Å².